The van der Waals surface area contributed by atoms with Gasteiger partial charge in [0.25, 0.3) is 5.91 Å². The second-order valence-corrected chi connectivity index (χ2v) is 8.90. The standard InChI is InChI=1S/C25H30N4O4S/c1-33-22-8-6-18(7-9-22)14-29(16-21-13-26-17-27-21)15-19-4-3-5-20(12-19)24(30)28-23(25(31)32)10-11-34-2/h3-9,12-13,17,23H,10-11,14-16H2,1-2H3,(H,26,27)(H,28,30)(H,31,32)/t23-/m0/s1. The van der Waals surface area contributed by atoms with Crippen molar-refractivity contribution in [3.63, 3.8) is 0 Å². The second kappa shape index (κ2) is 12.8. The number of carboxylic acids is 1. The zero-order valence-electron chi connectivity index (χ0n) is 19.4. The maximum absolute atomic E-state index is 12.7. The van der Waals surface area contributed by atoms with Crippen LogP contribution in [0.15, 0.2) is 61.1 Å². The minimum absolute atomic E-state index is 0.377. The number of H-pyrrole nitrogens is 1. The Hall–Kier alpha value is -3.30. The number of carbonyl (C=O) groups excluding carboxylic acids is 1. The second-order valence-electron chi connectivity index (χ2n) is 7.92. The molecule has 0 unspecified atom stereocenters. The van der Waals surface area contributed by atoms with E-state index >= 15 is 0 Å². The van der Waals surface area contributed by atoms with Crippen LogP contribution in [-0.2, 0) is 24.4 Å². The molecule has 1 aromatic heterocycles. The number of hydrogen-bond donors (Lipinski definition) is 3. The number of rotatable bonds is 13. The number of imidazole rings is 1. The quantitative estimate of drug-likeness (QED) is 0.342. The molecule has 3 rings (SSSR count). The Balaban J connectivity index is 1.73. The van der Waals surface area contributed by atoms with E-state index in [1.807, 2.05) is 48.7 Å². The van der Waals surface area contributed by atoms with E-state index < -0.39 is 12.0 Å². The summed E-state index contributed by atoms with van der Waals surface area (Å²) in [6.07, 6.45) is 5.74. The highest BCUT2D eigenvalue weighted by molar-refractivity contribution is 7.98. The van der Waals surface area contributed by atoms with Gasteiger partial charge in [0.15, 0.2) is 0 Å². The molecular formula is C25H30N4O4S. The summed E-state index contributed by atoms with van der Waals surface area (Å²) in [6, 6.07) is 14.3. The normalized spacial score (nSPS) is 11.9. The van der Waals surface area contributed by atoms with Crippen LogP contribution in [-0.4, -0.2) is 57.0 Å². The fraction of sp³-hybridized carbons (Fsp3) is 0.320. The van der Waals surface area contributed by atoms with Crippen LogP contribution >= 0.6 is 11.8 Å². The lowest BCUT2D eigenvalue weighted by atomic mass is 10.1. The van der Waals surface area contributed by atoms with Crippen molar-refractivity contribution < 1.29 is 19.4 Å². The molecule has 0 radical (unpaired) electrons. The van der Waals surface area contributed by atoms with E-state index in [9.17, 15) is 14.7 Å². The van der Waals surface area contributed by atoms with Crippen LogP contribution < -0.4 is 10.1 Å². The molecule has 0 aliphatic carbocycles. The zero-order valence-corrected chi connectivity index (χ0v) is 20.2. The number of carbonyl (C=O) groups is 2. The van der Waals surface area contributed by atoms with Gasteiger partial charge in [-0.25, -0.2) is 9.78 Å². The molecule has 34 heavy (non-hydrogen) atoms. The minimum atomic E-state index is -1.02. The summed E-state index contributed by atoms with van der Waals surface area (Å²) in [5, 5.41) is 12.1. The number of nitrogens with one attached hydrogen (secondary N) is 2. The SMILES string of the molecule is COc1ccc(CN(Cc2cccc(C(=O)N[C@@H](CCSC)C(=O)O)c2)Cc2cnc[nH]2)cc1. The van der Waals surface area contributed by atoms with E-state index in [0.29, 0.717) is 37.4 Å². The topological polar surface area (TPSA) is 108 Å². The number of carboxylic acid groups (broad SMARTS) is 1. The third kappa shape index (κ3) is 7.64. The number of aromatic amines is 1. The number of hydrogen-bond acceptors (Lipinski definition) is 6. The first-order chi connectivity index (χ1) is 16.5. The monoisotopic (exact) mass is 482 g/mol. The highest BCUT2D eigenvalue weighted by Gasteiger charge is 2.20. The van der Waals surface area contributed by atoms with Crippen molar-refractivity contribution in [3.05, 3.63) is 83.4 Å². The van der Waals surface area contributed by atoms with Gasteiger partial charge in [0.2, 0.25) is 0 Å². The smallest absolute Gasteiger partial charge is 0.326 e. The third-order valence-corrected chi connectivity index (χ3v) is 5.97. The number of thioether (sulfide) groups is 1. The van der Waals surface area contributed by atoms with Gasteiger partial charge in [-0.2, -0.15) is 11.8 Å². The predicted octanol–water partition coefficient (Wildman–Crippen LogP) is 3.56. The highest BCUT2D eigenvalue weighted by atomic mass is 32.2. The zero-order chi connectivity index (χ0) is 24.3. The van der Waals surface area contributed by atoms with Crippen molar-refractivity contribution in [3.8, 4) is 5.75 Å². The Labute approximate surface area is 203 Å². The van der Waals surface area contributed by atoms with Crippen molar-refractivity contribution in [1.82, 2.24) is 20.2 Å². The van der Waals surface area contributed by atoms with Crippen molar-refractivity contribution >= 4 is 23.6 Å². The van der Waals surface area contributed by atoms with Crippen LogP contribution in [0.25, 0.3) is 0 Å². The highest BCUT2D eigenvalue weighted by Crippen LogP contribution is 2.17. The lowest BCUT2D eigenvalue weighted by molar-refractivity contribution is -0.139. The first-order valence-electron chi connectivity index (χ1n) is 10.9. The molecule has 9 heteroatoms. The van der Waals surface area contributed by atoms with Gasteiger partial charge in [-0.1, -0.05) is 24.3 Å². The van der Waals surface area contributed by atoms with Gasteiger partial charge in [-0.3, -0.25) is 9.69 Å². The maximum Gasteiger partial charge on any atom is 0.326 e. The molecule has 0 spiro atoms. The molecule has 8 nitrogen and oxygen atoms in total. The van der Waals surface area contributed by atoms with Crippen LogP contribution in [0.5, 0.6) is 5.75 Å². The molecule has 3 aromatic rings. The van der Waals surface area contributed by atoms with Crippen molar-refractivity contribution in [2.75, 3.05) is 19.1 Å². The fourth-order valence-corrected chi connectivity index (χ4v) is 4.04. The summed E-state index contributed by atoms with van der Waals surface area (Å²) in [4.78, 5) is 33.7. The predicted molar refractivity (Wildman–Crippen MR) is 133 cm³/mol. The van der Waals surface area contributed by atoms with Gasteiger partial charge < -0.3 is 20.1 Å². The maximum atomic E-state index is 12.7. The summed E-state index contributed by atoms with van der Waals surface area (Å²) in [5.41, 5.74) is 3.52. The summed E-state index contributed by atoms with van der Waals surface area (Å²) in [6.45, 7) is 1.94. The molecule has 0 aliphatic heterocycles. The van der Waals surface area contributed by atoms with E-state index in [4.69, 9.17) is 4.74 Å². The minimum Gasteiger partial charge on any atom is -0.497 e. The van der Waals surface area contributed by atoms with E-state index in [1.165, 1.54) is 0 Å². The van der Waals surface area contributed by atoms with E-state index in [1.54, 1.807) is 37.5 Å². The molecule has 0 fully saturated rings. The Morgan fingerprint density at radius 2 is 1.91 bits per heavy atom. The van der Waals surface area contributed by atoms with Crippen LogP contribution in [0.4, 0.5) is 0 Å². The average molecular weight is 483 g/mol. The lowest BCUT2D eigenvalue weighted by Crippen LogP contribution is -2.41. The van der Waals surface area contributed by atoms with E-state index in [-0.39, 0.29) is 5.91 Å². The summed E-state index contributed by atoms with van der Waals surface area (Å²) in [5.74, 6) is 0.0553. The first kappa shape index (κ1) is 25.3. The molecule has 180 valence electrons. The van der Waals surface area contributed by atoms with Crippen molar-refractivity contribution in [2.45, 2.75) is 32.1 Å². The van der Waals surface area contributed by atoms with Crippen LogP contribution in [0.1, 0.15) is 33.6 Å². The van der Waals surface area contributed by atoms with Gasteiger partial charge in [-0.15, -0.1) is 0 Å². The number of amides is 1. The molecule has 0 saturated carbocycles. The largest absolute Gasteiger partial charge is 0.497 e. The van der Waals surface area contributed by atoms with Gasteiger partial charge in [-0.05, 0) is 53.8 Å². The molecule has 0 saturated heterocycles. The Bertz CT molecular complexity index is 1060. The molecule has 1 amide bonds. The Morgan fingerprint density at radius 1 is 1.15 bits per heavy atom. The van der Waals surface area contributed by atoms with Crippen LogP contribution in [0, 0.1) is 0 Å². The molecule has 0 aliphatic rings. The average Bonchev–Trinajstić information content (AvgIpc) is 3.35. The lowest BCUT2D eigenvalue weighted by Gasteiger charge is -2.22. The van der Waals surface area contributed by atoms with E-state index in [0.717, 1.165) is 22.6 Å². The van der Waals surface area contributed by atoms with Gasteiger partial charge in [0.1, 0.15) is 11.8 Å². The van der Waals surface area contributed by atoms with Crippen LogP contribution in [0.2, 0.25) is 0 Å². The molecule has 0 bridgehead atoms. The number of ether oxygens (including phenoxy) is 1. The molecule has 1 atom stereocenters. The van der Waals surface area contributed by atoms with Gasteiger partial charge in [0, 0.05) is 37.1 Å². The van der Waals surface area contributed by atoms with Crippen LogP contribution in [0.3, 0.4) is 0 Å². The number of aromatic nitrogens is 2. The Kier molecular flexibility index (Phi) is 9.54. The number of benzene rings is 2. The fourth-order valence-electron chi connectivity index (χ4n) is 3.57. The molecule has 2 aromatic carbocycles. The molecular weight excluding hydrogens is 452 g/mol. The molecule has 3 N–H and O–H groups in total. The molecule has 1 heterocycles. The van der Waals surface area contributed by atoms with Crippen molar-refractivity contribution in [1.29, 1.82) is 0 Å². The van der Waals surface area contributed by atoms with E-state index in [2.05, 4.69) is 20.2 Å². The summed E-state index contributed by atoms with van der Waals surface area (Å²) < 4.78 is 5.25. The first-order valence-corrected chi connectivity index (χ1v) is 12.3. The number of aliphatic carboxylic acids is 1. The van der Waals surface area contributed by atoms with Crippen molar-refractivity contribution in [2.24, 2.45) is 0 Å². The third-order valence-electron chi connectivity index (χ3n) is 5.32. The van der Waals surface area contributed by atoms with Gasteiger partial charge >= 0.3 is 5.97 Å². The number of methoxy groups -OCH3 is 1. The Morgan fingerprint density at radius 3 is 2.56 bits per heavy atom. The number of nitrogens with zero attached hydrogens (tertiary/aromatic N) is 2. The van der Waals surface area contributed by atoms with Gasteiger partial charge in [0.05, 0.1) is 13.4 Å². The summed E-state index contributed by atoms with van der Waals surface area (Å²) >= 11 is 1.55. The summed E-state index contributed by atoms with van der Waals surface area (Å²) in [7, 11) is 1.64.